The third-order valence-corrected chi connectivity index (χ3v) is 5.62. The standard InChI is InChI=1S/C21H16ClFN4O4/c1-31-21(30)12-6-13(23)18-16(20(28)29)17(25-27(18)9-12)14-7-11-4-5-15(22)24-19(11)26(14)8-10-2-3-10/h4-7,9-10H,2-3,8H2,1H3,(H,28,29). The van der Waals surface area contributed by atoms with Gasteiger partial charge in [-0.1, -0.05) is 11.6 Å². The molecule has 0 radical (unpaired) electrons. The molecule has 1 aliphatic rings. The van der Waals surface area contributed by atoms with Gasteiger partial charge < -0.3 is 14.4 Å². The van der Waals surface area contributed by atoms with Crippen LogP contribution in [0, 0.1) is 11.7 Å². The smallest absolute Gasteiger partial charge is 0.340 e. The molecule has 0 aromatic carbocycles. The molecule has 1 aliphatic carbocycles. The summed E-state index contributed by atoms with van der Waals surface area (Å²) in [4.78, 5) is 28.4. The van der Waals surface area contributed by atoms with Gasteiger partial charge in [0.25, 0.3) is 0 Å². The van der Waals surface area contributed by atoms with E-state index in [4.69, 9.17) is 11.6 Å². The molecule has 0 amide bonds. The molecule has 4 heterocycles. The van der Waals surface area contributed by atoms with Gasteiger partial charge in [-0.3, -0.25) is 0 Å². The second-order valence-corrected chi connectivity index (χ2v) is 7.91. The number of nitrogens with zero attached hydrogens (tertiary/aromatic N) is 4. The molecule has 0 saturated heterocycles. The van der Waals surface area contributed by atoms with Crippen LogP contribution in [0.1, 0.15) is 33.6 Å². The molecule has 0 unspecified atom stereocenters. The predicted octanol–water partition coefficient (Wildman–Crippen LogP) is 4.04. The van der Waals surface area contributed by atoms with Crippen LogP contribution in [0.25, 0.3) is 27.9 Å². The summed E-state index contributed by atoms with van der Waals surface area (Å²) in [5.41, 5.74) is 0.591. The summed E-state index contributed by atoms with van der Waals surface area (Å²) in [7, 11) is 1.18. The van der Waals surface area contributed by atoms with Crippen LogP contribution in [0.3, 0.4) is 0 Å². The van der Waals surface area contributed by atoms with E-state index in [1.807, 2.05) is 4.57 Å². The van der Waals surface area contributed by atoms with Gasteiger partial charge in [-0.05, 0) is 43.0 Å². The normalized spacial score (nSPS) is 13.8. The number of esters is 1. The number of halogens is 2. The average molecular weight is 443 g/mol. The van der Waals surface area contributed by atoms with Crippen molar-refractivity contribution in [2.45, 2.75) is 19.4 Å². The Bertz CT molecular complexity index is 1390. The third-order valence-electron chi connectivity index (χ3n) is 5.41. The monoisotopic (exact) mass is 442 g/mol. The number of pyridine rings is 2. The second kappa shape index (κ2) is 7.05. The summed E-state index contributed by atoms with van der Waals surface area (Å²) in [5, 5.41) is 15.3. The zero-order valence-corrected chi connectivity index (χ0v) is 17.1. The summed E-state index contributed by atoms with van der Waals surface area (Å²) < 4.78 is 22.5. The lowest BCUT2D eigenvalue weighted by Crippen LogP contribution is -2.06. The van der Waals surface area contributed by atoms with E-state index in [1.54, 1.807) is 18.2 Å². The number of carbonyl (C=O) groups excluding carboxylic acids is 1. The molecule has 4 aromatic rings. The number of carbonyl (C=O) groups is 2. The molecule has 0 bridgehead atoms. The van der Waals surface area contributed by atoms with E-state index in [1.165, 1.54) is 13.3 Å². The maximum atomic E-state index is 14.9. The lowest BCUT2D eigenvalue weighted by Gasteiger charge is -2.08. The first-order chi connectivity index (χ1) is 14.9. The van der Waals surface area contributed by atoms with E-state index in [9.17, 15) is 19.1 Å². The highest BCUT2D eigenvalue weighted by atomic mass is 35.5. The van der Waals surface area contributed by atoms with Crippen LogP contribution in [0.5, 0.6) is 0 Å². The largest absolute Gasteiger partial charge is 0.478 e. The Morgan fingerprint density at radius 2 is 2.10 bits per heavy atom. The fraction of sp³-hybridized carbons (Fsp3) is 0.238. The second-order valence-electron chi connectivity index (χ2n) is 7.52. The van der Waals surface area contributed by atoms with Crippen LogP contribution in [0.4, 0.5) is 4.39 Å². The SMILES string of the molecule is COC(=O)c1cc(F)c2c(C(=O)O)c(-c3cc4ccc(Cl)nc4n3CC3CC3)nn2c1. The van der Waals surface area contributed by atoms with E-state index < -0.39 is 17.8 Å². The zero-order chi connectivity index (χ0) is 21.9. The van der Waals surface area contributed by atoms with E-state index in [0.29, 0.717) is 29.0 Å². The maximum absolute atomic E-state index is 14.9. The molecule has 31 heavy (non-hydrogen) atoms. The molecule has 1 saturated carbocycles. The lowest BCUT2D eigenvalue weighted by atomic mass is 10.1. The molecule has 0 aliphatic heterocycles. The highest BCUT2D eigenvalue weighted by molar-refractivity contribution is 6.29. The fourth-order valence-electron chi connectivity index (χ4n) is 3.79. The Labute approximate surface area is 179 Å². The molecule has 0 spiro atoms. The Morgan fingerprint density at radius 1 is 1.32 bits per heavy atom. The Kier molecular flexibility index (Phi) is 4.44. The minimum absolute atomic E-state index is 0.0783. The molecular formula is C21H16ClFN4O4. The van der Waals surface area contributed by atoms with Gasteiger partial charge in [-0.2, -0.15) is 5.10 Å². The average Bonchev–Trinajstić information content (AvgIpc) is 3.36. The summed E-state index contributed by atoms with van der Waals surface area (Å²) in [6, 6.07) is 6.16. The number of aromatic nitrogens is 4. The quantitative estimate of drug-likeness (QED) is 0.370. The van der Waals surface area contributed by atoms with Crippen LogP contribution in [0.2, 0.25) is 5.15 Å². The molecule has 4 aromatic heterocycles. The van der Waals surface area contributed by atoms with Gasteiger partial charge in [0.15, 0.2) is 5.82 Å². The van der Waals surface area contributed by atoms with E-state index >= 15 is 0 Å². The fourth-order valence-corrected chi connectivity index (χ4v) is 3.93. The molecule has 8 nitrogen and oxygen atoms in total. The van der Waals surface area contributed by atoms with Crippen LogP contribution in [-0.2, 0) is 11.3 Å². The van der Waals surface area contributed by atoms with Gasteiger partial charge in [-0.15, -0.1) is 0 Å². The van der Waals surface area contributed by atoms with Crippen molar-refractivity contribution in [1.29, 1.82) is 0 Å². The minimum atomic E-state index is -1.33. The van der Waals surface area contributed by atoms with Crippen molar-refractivity contribution in [2.75, 3.05) is 7.11 Å². The van der Waals surface area contributed by atoms with Crippen molar-refractivity contribution in [3.8, 4) is 11.4 Å². The van der Waals surface area contributed by atoms with Crippen molar-refractivity contribution in [3.63, 3.8) is 0 Å². The Balaban J connectivity index is 1.81. The summed E-state index contributed by atoms with van der Waals surface area (Å²) in [6.45, 7) is 0.620. The third kappa shape index (κ3) is 3.21. The first-order valence-corrected chi connectivity index (χ1v) is 9.95. The van der Waals surface area contributed by atoms with Gasteiger partial charge in [0.2, 0.25) is 0 Å². The molecular weight excluding hydrogens is 427 g/mol. The predicted molar refractivity (Wildman–Crippen MR) is 110 cm³/mol. The molecule has 1 N–H and O–H groups in total. The molecule has 10 heteroatoms. The van der Waals surface area contributed by atoms with E-state index in [0.717, 1.165) is 28.8 Å². The number of hydrogen-bond donors (Lipinski definition) is 1. The van der Waals surface area contributed by atoms with Crippen LogP contribution >= 0.6 is 11.6 Å². The van der Waals surface area contributed by atoms with Crippen molar-refractivity contribution in [1.82, 2.24) is 19.2 Å². The highest BCUT2D eigenvalue weighted by Crippen LogP contribution is 2.37. The number of carboxylic acids is 1. The number of methoxy groups -OCH3 is 1. The van der Waals surface area contributed by atoms with E-state index in [2.05, 4.69) is 14.8 Å². The van der Waals surface area contributed by atoms with Crippen molar-refractivity contribution < 1.29 is 23.8 Å². The van der Waals surface area contributed by atoms with Crippen molar-refractivity contribution in [2.24, 2.45) is 5.92 Å². The number of hydrogen-bond acceptors (Lipinski definition) is 5. The first-order valence-electron chi connectivity index (χ1n) is 9.57. The Hall–Kier alpha value is -3.46. The molecule has 0 atom stereocenters. The van der Waals surface area contributed by atoms with Crippen LogP contribution in [0.15, 0.2) is 30.5 Å². The molecule has 5 rings (SSSR count). The van der Waals surface area contributed by atoms with E-state index in [-0.39, 0.29) is 22.3 Å². The first kappa shape index (κ1) is 19.5. The van der Waals surface area contributed by atoms with Crippen LogP contribution < -0.4 is 0 Å². The van der Waals surface area contributed by atoms with Gasteiger partial charge in [-0.25, -0.2) is 23.5 Å². The molecule has 158 valence electrons. The van der Waals surface area contributed by atoms with Crippen molar-refractivity contribution in [3.05, 3.63) is 52.6 Å². The lowest BCUT2D eigenvalue weighted by molar-refractivity contribution is 0.0598. The summed E-state index contributed by atoms with van der Waals surface area (Å²) >= 11 is 6.09. The number of aromatic carboxylic acids is 1. The number of fused-ring (bicyclic) bond motifs is 2. The number of ether oxygens (including phenoxy) is 1. The van der Waals surface area contributed by atoms with Crippen molar-refractivity contribution >= 4 is 40.1 Å². The molecule has 1 fully saturated rings. The zero-order valence-electron chi connectivity index (χ0n) is 16.3. The van der Waals surface area contributed by atoms with Gasteiger partial charge >= 0.3 is 11.9 Å². The van der Waals surface area contributed by atoms with Crippen LogP contribution in [-0.4, -0.2) is 43.3 Å². The van der Waals surface area contributed by atoms with Gasteiger partial charge in [0, 0.05) is 18.1 Å². The summed E-state index contributed by atoms with van der Waals surface area (Å²) in [5.74, 6) is -2.52. The minimum Gasteiger partial charge on any atom is -0.478 e. The maximum Gasteiger partial charge on any atom is 0.340 e. The number of carboxylic acid groups (broad SMARTS) is 1. The van der Waals surface area contributed by atoms with Gasteiger partial charge in [0.1, 0.15) is 27.6 Å². The number of rotatable bonds is 5. The highest BCUT2D eigenvalue weighted by Gasteiger charge is 2.30. The summed E-state index contributed by atoms with van der Waals surface area (Å²) in [6.07, 6.45) is 3.38. The van der Waals surface area contributed by atoms with Gasteiger partial charge in [0.05, 0.1) is 18.4 Å². The Morgan fingerprint density at radius 3 is 2.77 bits per heavy atom. The topological polar surface area (TPSA) is 98.7 Å².